The molecule has 6 nitrogen and oxygen atoms in total. The molecule has 2 N–H and O–H groups in total. The van der Waals surface area contributed by atoms with Crippen LogP contribution in [0, 0.1) is 6.92 Å². The van der Waals surface area contributed by atoms with Gasteiger partial charge in [0.05, 0.1) is 10.7 Å². The quantitative estimate of drug-likeness (QED) is 0.653. The van der Waals surface area contributed by atoms with Crippen LogP contribution >= 0.6 is 11.3 Å². The topological polar surface area (TPSA) is 80.3 Å². The Bertz CT molecular complexity index is 1020. The van der Waals surface area contributed by atoms with Crippen molar-refractivity contribution in [3.63, 3.8) is 0 Å². The van der Waals surface area contributed by atoms with Gasteiger partial charge >= 0.3 is 0 Å². The third kappa shape index (κ3) is 4.70. The van der Waals surface area contributed by atoms with E-state index in [1.165, 1.54) is 0 Å². The molecular weight excluding hydrogens is 386 g/mol. The minimum atomic E-state index is -0.410. The third-order valence-electron chi connectivity index (χ3n) is 4.67. The SMILES string of the molecule is Cc1nc(-c2ccc(NC(=O)c3cccc(NC(=O)C4CCCO4)c3)cc2)cs1. The Hall–Kier alpha value is -3.03. The molecule has 0 aliphatic carbocycles. The van der Waals surface area contributed by atoms with Crippen LogP contribution in [0.5, 0.6) is 0 Å². The second kappa shape index (κ2) is 8.55. The molecule has 148 valence electrons. The van der Waals surface area contributed by atoms with Crippen molar-refractivity contribution in [1.29, 1.82) is 0 Å². The molecule has 2 aromatic carbocycles. The van der Waals surface area contributed by atoms with Crippen LogP contribution in [0.3, 0.4) is 0 Å². The van der Waals surface area contributed by atoms with Gasteiger partial charge in [-0.25, -0.2) is 4.98 Å². The van der Waals surface area contributed by atoms with Gasteiger partial charge in [-0.3, -0.25) is 9.59 Å². The summed E-state index contributed by atoms with van der Waals surface area (Å²) in [6.45, 7) is 2.58. The smallest absolute Gasteiger partial charge is 0.255 e. The van der Waals surface area contributed by atoms with Crippen molar-refractivity contribution in [3.05, 3.63) is 64.5 Å². The zero-order valence-electron chi connectivity index (χ0n) is 16.0. The van der Waals surface area contributed by atoms with Crippen LogP contribution in [0.2, 0.25) is 0 Å². The van der Waals surface area contributed by atoms with Gasteiger partial charge in [-0.05, 0) is 50.1 Å². The average Bonchev–Trinajstić information content (AvgIpc) is 3.41. The van der Waals surface area contributed by atoms with E-state index in [2.05, 4.69) is 15.6 Å². The molecule has 2 heterocycles. The molecular formula is C22H21N3O3S. The first-order valence-corrected chi connectivity index (χ1v) is 10.3. The van der Waals surface area contributed by atoms with E-state index in [9.17, 15) is 9.59 Å². The molecule has 1 aliphatic rings. The van der Waals surface area contributed by atoms with Crippen molar-refractivity contribution in [2.45, 2.75) is 25.9 Å². The minimum Gasteiger partial charge on any atom is -0.368 e. The minimum absolute atomic E-state index is 0.173. The molecule has 1 aliphatic heterocycles. The lowest BCUT2D eigenvalue weighted by Crippen LogP contribution is -2.27. The maximum Gasteiger partial charge on any atom is 0.255 e. The lowest BCUT2D eigenvalue weighted by atomic mass is 10.1. The summed E-state index contributed by atoms with van der Waals surface area (Å²) >= 11 is 1.61. The summed E-state index contributed by atoms with van der Waals surface area (Å²) in [4.78, 5) is 29.3. The van der Waals surface area contributed by atoms with Crippen molar-refractivity contribution < 1.29 is 14.3 Å². The number of thiazole rings is 1. The van der Waals surface area contributed by atoms with Crippen molar-refractivity contribution in [1.82, 2.24) is 4.98 Å². The standard InChI is InChI=1S/C22H21N3O3S/c1-14-23-19(13-29-14)15-7-9-17(10-8-15)24-21(26)16-4-2-5-18(12-16)25-22(27)20-6-3-11-28-20/h2,4-5,7-10,12-13,20H,3,6,11H2,1H3,(H,24,26)(H,25,27). The molecule has 7 heteroatoms. The number of carbonyl (C=O) groups is 2. The lowest BCUT2D eigenvalue weighted by Gasteiger charge is -2.11. The van der Waals surface area contributed by atoms with Gasteiger partial charge in [0.2, 0.25) is 0 Å². The third-order valence-corrected chi connectivity index (χ3v) is 5.45. The number of hydrogen-bond donors (Lipinski definition) is 2. The molecule has 1 unspecified atom stereocenters. The number of ether oxygens (including phenoxy) is 1. The van der Waals surface area contributed by atoms with Gasteiger partial charge in [0.1, 0.15) is 6.10 Å². The molecule has 4 rings (SSSR count). The van der Waals surface area contributed by atoms with Crippen LogP contribution in [0.4, 0.5) is 11.4 Å². The molecule has 1 fully saturated rings. The lowest BCUT2D eigenvalue weighted by molar-refractivity contribution is -0.124. The number of carbonyl (C=O) groups excluding carboxylic acids is 2. The van der Waals surface area contributed by atoms with Gasteiger partial charge in [-0.2, -0.15) is 0 Å². The van der Waals surface area contributed by atoms with E-state index >= 15 is 0 Å². The van der Waals surface area contributed by atoms with Crippen LogP contribution in [-0.2, 0) is 9.53 Å². The Balaban J connectivity index is 1.41. The zero-order chi connectivity index (χ0) is 20.2. The van der Waals surface area contributed by atoms with Gasteiger partial charge in [0.15, 0.2) is 0 Å². The number of benzene rings is 2. The maximum absolute atomic E-state index is 12.6. The van der Waals surface area contributed by atoms with E-state index in [1.807, 2.05) is 36.6 Å². The normalized spacial score (nSPS) is 15.8. The monoisotopic (exact) mass is 407 g/mol. The summed E-state index contributed by atoms with van der Waals surface area (Å²) in [5.41, 5.74) is 3.67. The largest absolute Gasteiger partial charge is 0.368 e. The molecule has 1 saturated heterocycles. The summed E-state index contributed by atoms with van der Waals surface area (Å²) in [6.07, 6.45) is 1.21. The van der Waals surface area contributed by atoms with E-state index in [-0.39, 0.29) is 11.8 Å². The molecule has 0 spiro atoms. The van der Waals surface area contributed by atoms with Crippen LogP contribution in [0.15, 0.2) is 53.9 Å². The Kier molecular flexibility index (Phi) is 5.69. The second-order valence-electron chi connectivity index (χ2n) is 6.85. The number of amides is 2. The summed E-state index contributed by atoms with van der Waals surface area (Å²) < 4.78 is 5.39. The highest BCUT2D eigenvalue weighted by Crippen LogP contribution is 2.23. The Morgan fingerprint density at radius 2 is 1.93 bits per heavy atom. The molecule has 2 amide bonds. The first-order chi connectivity index (χ1) is 14.1. The average molecular weight is 407 g/mol. The summed E-state index contributed by atoms with van der Waals surface area (Å²) in [7, 11) is 0. The highest BCUT2D eigenvalue weighted by atomic mass is 32.1. The second-order valence-corrected chi connectivity index (χ2v) is 7.92. The molecule has 1 aromatic heterocycles. The summed E-state index contributed by atoms with van der Waals surface area (Å²) in [5, 5.41) is 8.73. The fourth-order valence-corrected chi connectivity index (χ4v) is 3.79. The predicted molar refractivity (Wildman–Crippen MR) is 114 cm³/mol. The van der Waals surface area contributed by atoms with Crippen molar-refractivity contribution in [3.8, 4) is 11.3 Å². The fraction of sp³-hybridized carbons (Fsp3) is 0.227. The van der Waals surface area contributed by atoms with Crippen molar-refractivity contribution in [2.24, 2.45) is 0 Å². The van der Waals surface area contributed by atoms with Gasteiger partial charge < -0.3 is 15.4 Å². The summed E-state index contributed by atoms with van der Waals surface area (Å²) in [6, 6.07) is 14.4. The molecule has 0 bridgehead atoms. The molecule has 3 aromatic rings. The van der Waals surface area contributed by atoms with Gasteiger partial charge in [0.25, 0.3) is 11.8 Å². The van der Waals surface area contributed by atoms with E-state index in [0.29, 0.717) is 23.5 Å². The van der Waals surface area contributed by atoms with Crippen LogP contribution in [0.1, 0.15) is 28.2 Å². The number of rotatable bonds is 5. The first kappa shape index (κ1) is 19.3. The number of nitrogens with zero attached hydrogens (tertiary/aromatic N) is 1. The highest BCUT2D eigenvalue weighted by Gasteiger charge is 2.23. The van der Waals surface area contributed by atoms with E-state index in [4.69, 9.17) is 4.74 Å². The van der Waals surface area contributed by atoms with Crippen molar-refractivity contribution in [2.75, 3.05) is 17.2 Å². The Morgan fingerprint density at radius 1 is 1.10 bits per heavy atom. The number of hydrogen-bond acceptors (Lipinski definition) is 5. The van der Waals surface area contributed by atoms with Crippen LogP contribution < -0.4 is 10.6 Å². The van der Waals surface area contributed by atoms with E-state index in [0.717, 1.165) is 29.1 Å². The van der Waals surface area contributed by atoms with E-state index in [1.54, 1.807) is 35.6 Å². The molecule has 0 saturated carbocycles. The van der Waals surface area contributed by atoms with Crippen molar-refractivity contribution >= 4 is 34.5 Å². The highest BCUT2D eigenvalue weighted by molar-refractivity contribution is 7.09. The van der Waals surface area contributed by atoms with Gasteiger partial charge in [0, 0.05) is 34.5 Å². The molecule has 1 atom stereocenters. The zero-order valence-corrected chi connectivity index (χ0v) is 16.8. The maximum atomic E-state index is 12.6. The first-order valence-electron chi connectivity index (χ1n) is 9.45. The van der Waals surface area contributed by atoms with Crippen LogP contribution in [-0.4, -0.2) is 29.5 Å². The number of aromatic nitrogens is 1. The fourth-order valence-electron chi connectivity index (χ4n) is 3.17. The van der Waals surface area contributed by atoms with Gasteiger partial charge in [-0.1, -0.05) is 18.2 Å². The number of anilines is 2. The summed E-state index contributed by atoms with van der Waals surface area (Å²) in [5.74, 6) is -0.414. The molecule has 29 heavy (non-hydrogen) atoms. The van der Waals surface area contributed by atoms with Gasteiger partial charge in [-0.15, -0.1) is 11.3 Å². The Labute approximate surface area is 172 Å². The predicted octanol–water partition coefficient (Wildman–Crippen LogP) is 4.49. The number of aryl methyl sites for hydroxylation is 1. The number of nitrogens with one attached hydrogen (secondary N) is 2. The van der Waals surface area contributed by atoms with E-state index < -0.39 is 6.10 Å². The van der Waals surface area contributed by atoms with Crippen LogP contribution in [0.25, 0.3) is 11.3 Å². The Morgan fingerprint density at radius 3 is 2.62 bits per heavy atom. The molecule has 0 radical (unpaired) electrons.